The van der Waals surface area contributed by atoms with Gasteiger partial charge >= 0.3 is 0 Å². The molecule has 1 unspecified atom stereocenters. The predicted octanol–water partition coefficient (Wildman–Crippen LogP) is 1.65. The average molecular weight is 237 g/mol. The fourth-order valence-corrected chi connectivity index (χ4v) is 2.55. The second-order valence-corrected chi connectivity index (χ2v) is 4.81. The van der Waals surface area contributed by atoms with Crippen LogP contribution in [0.25, 0.3) is 0 Å². The maximum absolute atomic E-state index is 13.0. The van der Waals surface area contributed by atoms with Gasteiger partial charge in [0.05, 0.1) is 6.20 Å². The van der Waals surface area contributed by atoms with E-state index >= 15 is 0 Å². The molecule has 1 aliphatic rings. The van der Waals surface area contributed by atoms with Crippen LogP contribution in [-0.2, 0) is 6.54 Å². The average Bonchev–Trinajstić information content (AvgIpc) is 2.30. The zero-order valence-corrected chi connectivity index (χ0v) is 10.3. The van der Waals surface area contributed by atoms with Crippen molar-refractivity contribution in [3.63, 3.8) is 0 Å². The fraction of sp³-hybridized carbons (Fsp3) is 0.615. The molecule has 3 nitrogen and oxygen atoms in total. The van der Waals surface area contributed by atoms with Crippen LogP contribution in [0.5, 0.6) is 0 Å². The molecule has 0 radical (unpaired) electrons. The van der Waals surface area contributed by atoms with Gasteiger partial charge in [0.2, 0.25) is 0 Å². The Labute approximate surface area is 102 Å². The molecule has 0 bridgehead atoms. The molecule has 0 spiro atoms. The lowest BCUT2D eigenvalue weighted by atomic mass is 9.98. The van der Waals surface area contributed by atoms with E-state index in [9.17, 15) is 4.39 Å². The summed E-state index contributed by atoms with van der Waals surface area (Å²) in [6.45, 7) is 4.08. The van der Waals surface area contributed by atoms with Crippen LogP contribution in [0.4, 0.5) is 4.39 Å². The minimum absolute atomic E-state index is 0.244. The second kappa shape index (κ2) is 6.07. The molecule has 94 valence electrons. The first-order valence-corrected chi connectivity index (χ1v) is 6.24. The van der Waals surface area contributed by atoms with E-state index in [1.165, 1.54) is 19.0 Å². The van der Waals surface area contributed by atoms with Gasteiger partial charge in [-0.25, -0.2) is 4.39 Å². The summed E-state index contributed by atoms with van der Waals surface area (Å²) in [7, 11) is 2.00. The highest BCUT2D eigenvalue weighted by atomic mass is 19.1. The molecular formula is C13H20FN3. The molecule has 1 saturated heterocycles. The summed E-state index contributed by atoms with van der Waals surface area (Å²) in [6.07, 6.45) is 5.53. The van der Waals surface area contributed by atoms with Gasteiger partial charge in [-0.15, -0.1) is 0 Å². The maximum atomic E-state index is 13.0. The van der Waals surface area contributed by atoms with Crippen molar-refractivity contribution in [2.75, 3.05) is 26.7 Å². The predicted molar refractivity (Wildman–Crippen MR) is 66.1 cm³/mol. The molecule has 0 saturated carbocycles. The van der Waals surface area contributed by atoms with Crippen molar-refractivity contribution in [2.24, 2.45) is 5.92 Å². The van der Waals surface area contributed by atoms with E-state index in [1.54, 1.807) is 12.3 Å². The first-order chi connectivity index (χ1) is 8.28. The Morgan fingerprint density at radius 1 is 1.53 bits per heavy atom. The number of hydrogen-bond donors (Lipinski definition) is 1. The number of halogens is 1. The van der Waals surface area contributed by atoms with Gasteiger partial charge in [-0.1, -0.05) is 0 Å². The van der Waals surface area contributed by atoms with E-state index in [4.69, 9.17) is 0 Å². The van der Waals surface area contributed by atoms with Crippen molar-refractivity contribution in [1.29, 1.82) is 0 Å². The van der Waals surface area contributed by atoms with Gasteiger partial charge in [-0.2, -0.15) is 0 Å². The topological polar surface area (TPSA) is 28.2 Å². The third-order valence-corrected chi connectivity index (χ3v) is 3.26. The number of pyridine rings is 1. The summed E-state index contributed by atoms with van der Waals surface area (Å²) in [6, 6.07) is 1.58. The summed E-state index contributed by atoms with van der Waals surface area (Å²) in [5.41, 5.74) is 0.968. The van der Waals surface area contributed by atoms with Crippen LogP contribution in [0.2, 0.25) is 0 Å². The van der Waals surface area contributed by atoms with Crippen LogP contribution < -0.4 is 5.32 Å². The SMILES string of the molecule is CNCC1CCCN(Cc2cncc(F)c2)C1. The monoisotopic (exact) mass is 237 g/mol. The fourth-order valence-electron chi connectivity index (χ4n) is 2.55. The van der Waals surface area contributed by atoms with Crippen LogP contribution in [-0.4, -0.2) is 36.6 Å². The molecule has 1 aromatic heterocycles. The van der Waals surface area contributed by atoms with Gasteiger partial charge < -0.3 is 5.32 Å². The van der Waals surface area contributed by atoms with E-state index in [2.05, 4.69) is 15.2 Å². The van der Waals surface area contributed by atoms with Crippen LogP contribution >= 0.6 is 0 Å². The standard InChI is InChI=1S/C13H20FN3/c1-15-6-11-3-2-4-17(9-11)10-12-5-13(14)8-16-7-12/h5,7-8,11,15H,2-4,6,9-10H2,1H3. The van der Waals surface area contributed by atoms with E-state index in [0.29, 0.717) is 0 Å². The summed E-state index contributed by atoms with van der Waals surface area (Å²) >= 11 is 0. The molecule has 1 N–H and O–H groups in total. The molecule has 1 aliphatic heterocycles. The third kappa shape index (κ3) is 3.75. The first-order valence-electron chi connectivity index (χ1n) is 6.24. The molecule has 1 aromatic rings. The second-order valence-electron chi connectivity index (χ2n) is 4.81. The molecule has 1 atom stereocenters. The third-order valence-electron chi connectivity index (χ3n) is 3.26. The molecular weight excluding hydrogens is 217 g/mol. The normalized spacial score (nSPS) is 21.6. The maximum Gasteiger partial charge on any atom is 0.141 e. The molecule has 2 heterocycles. The first kappa shape index (κ1) is 12.5. The largest absolute Gasteiger partial charge is 0.319 e. The van der Waals surface area contributed by atoms with Crippen LogP contribution in [0, 0.1) is 11.7 Å². The van der Waals surface area contributed by atoms with E-state index in [0.717, 1.165) is 37.7 Å². The Morgan fingerprint density at radius 2 is 2.41 bits per heavy atom. The molecule has 0 aromatic carbocycles. The van der Waals surface area contributed by atoms with E-state index in [-0.39, 0.29) is 5.82 Å². The number of likely N-dealkylation sites (tertiary alicyclic amines) is 1. The highest BCUT2D eigenvalue weighted by Crippen LogP contribution is 2.17. The van der Waals surface area contributed by atoms with Gasteiger partial charge in [0.25, 0.3) is 0 Å². The number of nitrogens with zero attached hydrogens (tertiary/aromatic N) is 2. The van der Waals surface area contributed by atoms with E-state index in [1.807, 2.05) is 7.05 Å². The lowest BCUT2D eigenvalue weighted by molar-refractivity contribution is 0.166. The molecule has 4 heteroatoms. The van der Waals surface area contributed by atoms with Crippen molar-refractivity contribution in [3.8, 4) is 0 Å². The van der Waals surface area contributed by atoms with Gasteiger partial charge in [-0.05, 0) is 50.5 Å². The minimum atomic E-state index is -0.244. The zero-order chi connectivity index (χ0) is 12.1. The Morgan fingerprint density at radius 3 is 3.18 bits per heavy atom. The zero-order valence-electron chi connectivity index (χ0n) is 10.3. The number of nitrogens with one attached hydrogen (secondary N) is 1. The van der Waals surface area contributed by atoms with Crippen molar-refractivity contribution in [2.45, 2.75) is 19.4 Å². The van der Waals surface area contributed by atoms with Crippen LogP contribution in [0.1, 0.15) is 18.4 Å². The van der Waals surface area contributed by atoms with Crippen molar-refractivity contribution in [3.05, 3.63) is 29.8 Å². The lowest BCUT2D eigenvalue weighted by Crippen LogP contribution is -2.38. The quantitative estimate of drug-likeness (QED) is 0.863. The van der Waals surface area contributed by atoms with Crippen molar-refractivity contribution in [1.82, 2.24) is 15.2 Å². The molecule has 0 aliphatic carbocycles. The smallest absolute Gasteiger partial charge is 0.141 e. The molecule has 2 rings (SSSR count). The summed E-state index contributed by atoms with van der Waals surface area (Å²) in [5, 5.41) is 3.23. The van der Waals surface area contributed by atoms with E-state index < -0.39 is 0 Å². The molecule has 1 fully saturated rings. The highest BCUT2D eigenvalue weighted by Gasteiger charge is 2.19. The molecule has 17 heavy (non-hydrogen) atoms. The number of piperidine rings is 1. The summed E-state index contributed by atoms with van der Waals surface area (Å²) < 4.78 is 13.0. The Bertz CT molecular complexity index is 354. The Kier molecular flexibility index (Phi) is 4.45. The highest BCUT2D eigenvalue weighted by molar-refractivity contribution is 5.10. The van der Waals surface area contributed by atoms with Gasteiger partial charge in [0.1, 0.15) is 5.82 Å². The lowest BCUT2D eigenvalue weighted by Gasteiger charge is -2.32. The van der Waals surface area contributed by atoms with Gasteiger partial charge in [-0.3, -0.25) is 9.88 Å². The van der Waals surface area contributed by atoms with Crippen LogP contribution in [0.3, 0.4) is 0 Å². The van der Waals surface area contributed by atoms with Crippen LogP contribution in [0.15, 0.2) is 18.5 Å². The summed E-state index contributed by atoms with van der Waals surface area (Å²) in [4.78, 5) is 6.28. The van der Waals surface area contributed by atoms with Gasteiger partial charge in [0.15, 0.2) is 0 Å². The Balaban J connectivity index is 1.90. The van der Waals surface area contributed by atoms with Gasteiger partial charge in [0, 0.05) is 19.3 Å². The number of hydrogen-bond acceptors (Lipinski definition) is 3. The minimum Gasteiger partial charge on any atom is -0.319 e. The van der Waals surface area contributed by atoms with Crippen molar-refractivity contribution >= 4 is 0 Å². The number of aromatic nitrogens is 1. The number of rotatable bonds is 4. The van der Waals surface area contributed by atoms with Crippen molar-refractivity contribution < 1.29 is 4.39 Å². The molecule has 0 amide bonds. The Hall–Kier alpha value is -1.00. The summed E-state index contributed by atoms with van der Waals surface area (Å²) in [5.74, 6) is 0.474.